The molecule has 0 aromatic rings. The van der Waals surface area contributed by atoms with E-state index >= 15 is 0 Å². The van der Waals surface area contributed by atoms with Crippen LogP contribution in [-0.2, 0) is 14.9 Å². The van der Waals surface area contributed by atoms with Crippen LogP contribution in [0.1, 0.15) is 12.8 Å². The summed E-state index contributed by atoms with van der Waals surface area (Å²) >= 11 is 0. The molecule has 2 rings (SSSR count). The summed E-state index contributed by atoms with van der Waals surface area (Å²) < 4.78 is 28.4. The summed E-state index contributed by atoms with van der Waals surface area (Å²) in [5.41, 5.74) is 0.265. The molecule has 0 bridgehead atoms. The predicted octanol–water partition coefficient (Wildman–Crippen LogP) is -0.698. The number of rotatable bonds is 1. The maximum absolute atomic E-state index is 11.0. The fraction of sp³-hybridized carbons (Fsp3) is 1.00. The van der Waals surface area contributed by atoms with Gasteiger partial charge >= 0.3 is 0 Å². The summed E-state index contributed by atoms with van der Waals surface area (Å²) in [6.07, 6.45) is 1.76. The van der Waals surface area contributed by atoms with Gasteiger partial charge in [-0.15, -0.1) is 0 Å². The van der Waals surface area contributed by atoms with Crippen molar-refractivity contribution >= 4 is 10.2 Å². The normalized spacial score (nSPS) is 28.7. The average Bonchev–Trinajstić information content (AvgIpc) is 2.00. The Hall–Kier alpha value is -0.170. The highest BCUT2D eigenvalue weighted by atomic mass is 32.2. The Balaban J connectivity index is 1.96. The van der Waals surface area contributed by atoms with Crippen molar-refractivity contribution in [2.45, 2.75) is 12.8 Å². The number of piperidine rings is 1. The summed E-state index contributed by atoms with van der Waals surface area (Å²) in [7, 11) is -3.47. The Morgan fingerprint density at radius 2 is 1.77 bits per heavy atom. The number of nitrogens with two attached hydrogens (primary N) is 1. The first-order valence-electron chi connectivity index (χ1n) is 4.38. The standard InChI is InChI=1S/C7H14N2O3S/c8-13(10,11)9-3-1-7(2-4-9)5-12-6-7/h1-6H2,(H2,8,10,11). The molecular weight excluding hydrogens is 192 g/mol. The molecule has 0 atom stereocenters. The molecule has 0 radical (unpaired) electrons. The highest BCUT2D eigenvalue weighted by molar-refractivity contribution is 7.86. The maximum atomic E-state index is 11.0. The lowest BCUT2D eigenvalue weighted by Crippen LogP contribution is -2.53. The van der Waals surface area contributed by atoms with Gasteiger partial charge in [0, 0.05) is 18.5 Å². The van der Waals surface area contributed by atoms with E-state index in [0.29, 0.717) is 13.1 Å². The second-order valence-electron chi connectivity index (χ2n) is 3.94. The summed E-state index contributed by atoms with van der Waals surface area (Å²) in [5, 5.41) is 5.03. The number of ether oxygens (including phenoxy) is 1. The van der Waals surface area contributed by atoms with E-state index in [1.54, 1.807) is 0 Å². The molecule has 0 aliphatic carbocycles. The molecule has 0 amide bonds. The van der Waals surface area contributed by atoms with Crippen LogP contribution >= 0.6 is 0 Å². The molecule has 0 aromatic carbocycles. The van der Waals surface area contributed by atoms with Crippen LogP contribution < -0.4 is 5.14 Å². The third-order valence-corrected chi connectivity index (χ3v) is 4.04. The summed E-state index contributed by atoms with van der Waals surface area (Å²) in [6, 6.07) is 0. The van der Waals surface area contributed by atoms with Crippen molar-refractivity contribution in [3.63, 3.8) is 0 Å². The fourth-order valence-electron chi connectivity index (χ4n) is 1.89. The van der Waals surface area contributed by atoms with Gasteiger partial charge in [0.15, 0.2) is 0 Å². The molecule has 13 heavy (non-hydrogen) atoms. The predicted molar refractivity (Wildman–Crippen MR) is 47.2 cm³/mol. The van der Waals surface area contributed by atoms with Crippen LogP contribution in [0.3, 0.4) is 0 Å². The lowest BCUT2D eigenvalue weighted by atomic mass is 9.77. The highest BCUT2D eigenvalue weighted by Crippen LogP contribution is 2.38. The Bertz CT molecular complexity index is 287. The van der Waals surface area contributed by atoms with Gasteiger partial charge < -0.3 is 4.74 Å². The molecule has 2 aliphatic rings. The number of hydrogen-bond donors (Lipinski definition) is 1. The minimum Gasteiger partial charge on any atom is -0.380 e. The van der Waals surface area contributed by atoms with Crippen molar-refractivity contribution in [1.29, 1.82) is 0 Å². The van der Waals surface area contributed by atoms with Gasteiger partial charge in [-0.2, -0.15) is 12.7 Å². The lowest BCUT2D eigenvalue weighted by molar-refractivity contribution is -0.133. The van der Waals surface area contributed by atoms with Crippen LogP contribution in [0.25, 0.3) is 0 Å². The van der Waals surface area contributed by atoms with Crippen molar-refractivity contribution in [3.05, 3.63) is 0 Å². The van der Waals surface area contributed by atoms with Gasteiger partial charge in [0.05, 0.1) is 13.2 Å². The topological polar surface area (TPSA) is 72.6 Å². The molecule has 2 aliphatic heterocycles. The third-order valence-electron chi connectivity index (χ3n) is 2.96. The van der Waals surface area contributed by atoms with Crippen LogP contribution in [0.15, 0.2) is 0 Å². The maximum Gasteiger partial charge on any atom is 0.276 e. The van der Waals surface area contributed by atoms with Crippen LogP contribution in [-0.4, -0.2) is 39.0 Å². The van der Waals surface area contributed by atoms with Gasteiger partial charge in [-0.25, -0.2) is 5.14 Å². The summed E-state index contributed by atoms with van der Waals surface area (Å²) in [5.74, 6) is 0. The molecule has 0 aromatic heterocycles. The zero-order valence-corrected chi connectivity index (χ0v) is 8.22. The van der Waals surface area contributed by atoms with E-state index in [-0.39, 0.29) is 5.41 Å². The molecule has 2 saturated heterocycles. The Morgan fingerprint density at radius 1 is 1.23 bits per heavy atom. The lowest BCUT2D eigenvalue weighted by Gasteiger charge is -2.46. The molecule has 0 unspecified atom stereocenters. The first-order valence-corrected chi connectivity index (χ1v) is 5.88. The molecule has 2 heterocycles. The monoisotopic (exact) mass is 206 g/mol. The quantitative estimate of drug-likeness (QED) is 0.616. The van der Waals surface area contributed by atoms with E-state index in [1.807, 2.05) is 0 Å². The molecule has 1 spiro atoms. The first kappa shape index (κ1) is 9.39. The molecule has 5 nitrogen and oxygen atoms in total. The van der Waals surface area contributed by atoms with Gasteiger partial charge in [0.1, 0.15) is 0 Å². The second kappa shape index (κ2) is 2.91. The molecular formula is C7H14N2O3S. The van der Waals surface area contributed by atoms with E-state index in [2.05, 4.69) is 0 Å². The van der Waals surface area contributed by atoms with Gasteiger partial charge in [0.2, 0.25) is 0 Å². The minimum absolute atomic E-state index is 0.265. The summed E-state index contributed by atoms with van der Waals surface area (Å²) in [4.78, 5) is 0. The largest absolute Gasteiger partial charge is 0.380 e. The Labute approximate surface area is 78.0 Å². The van der Waals surface area contributed by atoms with Gasteiger partial charge in [-0.1, -0.05) is 0 Å². The van der Waals surface area contributed by atoms with Crippen molar-refractivity contribution < 1.29 is 13.2 Å². The van der Waals surface area contributed by atoms with E-state index < -0.39 is 10.2 Å². The zero-order chi connectivity index (χ0) is 9.53. The van der Waals surface area contributed by atoms with Gasteiger partial charge in [-0.05, 0) is 12.8 Å². The van der Waals surface area contributed by atoms with Gasteiger partial charge in [0.25, 0.3) is 10.2 Å². The van der Waals surface area contributed by atoms with Crippen LogP contribution in [0, 0.1) is 5.41 Å². The second-order valence-corrected chi connectivity index (χ2v) is 5.48. The first-order chi connectivity index (χ1) is 6.02. The SMILES string of the molecule is NS(=O)(=O)N1CCC2(CC1)COC2. The number of nitrogens with zero attached hydrogens (tertiary/aromatic N) is 1. The molecule has 76 valence electrons. The number of hydrogen-bond acceptors (Lipinski definition) is 3. The van der Waals surface area contributed by atoms with Crippen molar-refractivity contribution in [2.75, 3.05) is 26.3 Å². The molecule has 2 N–H and O–H groups in total. The highest BCUT2D eigenvalue weighted by Gasteiger charge is 2.42. The van der Waals surface area contributed by atoms with Crippen molar-refractivity contribution in [1.82, 2.24) is 4.31 Å². The van der Waals surface area contributed by atoms with E-state index in [9.17, 15) is 8.42 Å². The van der Waals surface area contributed by atoms with Crippen LogP contribution in [0.4, 0.5) is 0 Å². The van der Waals surface area contributed by atoms with Crippen molar-refractivity contribution in [2.24, 2.45) is 10.6 Å². The van der Waals surface area contributed by atoms with E-state index in [0.717, 1.165) is 26.1 Å². The Morgan fingerprint density at radius 3 is 2.08 bits per heavy atom. The molecule has 6 heteroatoms. The summed E-state index contributed by atoms with van der Waals surface area (Å²) in [6.45, 7) is 2.65. The molecule has 0 saturated carbocycles. The fourth-order valence-corrected chi connectivity index (χ4v) is 2.59. The van der Waals surface area contributed by atoms with Crippen LogP contribution in [0.5, 0.6) is 0 Å². The van der Waals surface area contributed by atoms with Gasteiger partial charge in [-0.3, -0.25) is 0 Å². The van der Waals surface area contributed by atoms with Crippen LogP contribution in [0.2, 0.25) is 0 Å². The van der Waals surface area contributed by atoms with E-state index in [4.69, 9.17) is 9.88 Å². The average molecular weight is 206 g/mol. The van der Waals surface area contributed by atoms with Crippen molar-refractivity contribution in [3.8, 4) is 0 Å². The third kappa shape index (κ3) is 1.71. The van der Waals surface area contributed by atoms with E-state index in [1.165, 1.54) is 4.31 Å². The Kier molecular flexibility index (Phi) is 2.10. The zero-order valence-electron chi connectivity index (χ0n) is 7.40. The minimum atomic E-state index is -3.47. The smallest absolute Gasteiger partial charge is 0.276 e. The molecule has 2 fully saturated rings.